The van der Waals surface area contributed by atoms with Gasteiger partial charge in [0, 0.05) is 30.3 Å². The first kappa shape index (κ1) is 70.7. The average molecular weight is 1380 g/mol. The summed E-state index contributed by atoms with van der Waals surface area (Å²) in [5, 5.41) is 16.9. The lowest BCUT2D eigenvalue weighted by Gasteiger charge is -2.20. The second-order valence-corrected chi connectivity index (χ2v) is 19.7. The number of hydrogen-bond acceptors (Lipinski definition) is 14. The van der Waals surface area contributed by atoms with Gasteiger partial charge in [-0.05, 0) is 55.4 Å². The third-order valence-electron chi connectivity index (χ3n) is 11.7. The number of carboxylic acid groups (broad SMARTS) is 2. The molecular formula is C53H76B3I3O16. The minimum Gasteiger partial charge on any atom is -0.610 e. The first-order valence-electron chi connectivity index (χ1n) is 24.9. The molecule has 0 unspecified atom stereocenters. The highest BCUT2D eigenvalue weighted by Crippen LogP contribution is 2.43. The molecule has 2 N–H and O–H groups in total. The molecule has 16 nitrogen and oxygen atoms in total. The van der Waals surface area contributed by atoms with Crippen LogP contribution in [0.25, 0.3) is 0 Å². The highest BCUT2D eigenvalue weighted by Gasteiger charge is 2.64. The Kier molecular flexibility index (Phi) is 37.7. The van der Waals surface area contributed by atoms with E-state index in [0.29, 0.717) is 12.8 Å². The molecule has 0 aliphatic carbocycles. The van der Waals surface area contributed by atoms with Crippen LogP contribution in [0.15, 0.2) is 90.9 Å². The largest absolute Gasteiger partial charge is 0.610 e. The highest BCUT2D eigenvalue weighted by atomic mass is 127. The van der Waals surface area contributed by atoms with Crippen molar-refractivity contribution in [2.45, 2.75) is 170 Å². The lowest BCUT2D eigenvalue weighted by molar-refractivity contribution is -0.140. The van der Waals surface area contributed by atoms with E-state index in [0.717, 1.165) is 75.2 Å². The molecule has 0 saturated carbocycles. The predicted molar refractivity (Wildman–Crippen MR) is 320 cm³/mol. The molecule has 0 aromatic heterocycles. The first-order valence-corrected chi connectivity index (χ1v) is 28.6. The van der Waals surface area contributed by atoms with Gasteiger partial charge in [-0.2, -0.15) is 0 Å². The summed E-state index contributed by atoms with van der Waals surface area (Å²) in [5.74, 6) is 4.13. The molecule has 22 heteroatoms. The third-order valence-corrected chi connectivity index (χ3v) is 13.1. The van der Waals surface area contributed by atoms with Crippen LogP contribution in [0.4, 0.5) is 0 Å². The molecule has 6 heterocycles. The molecule has 6 rings (SSSR count). The Morgan fingerprint density at radius 3 is 1.04 bits per heavy atom. The molecule has 414 valence electrons. The van der Waals surface area contributed by atoms with Crippen LogP contribution in [-0.2, 0) is 66.3 Å². The van der Waals surface area contributed by atoms with Gasteiger partial charge in [0.2, 0.25) is 0 Å². The molecule has 0 bridgehead atoms. The van der Waals surface area contributed by atoms with Crippen LogP contribution >= 0.6 is 67.8 Å². The van der Waals surface area contributed by atoms with Gasteiger partial charge < -0.3 is 38.1 Å². The molecule has 6 fully saturated rings. The molecule has 75 heavy (non-hydrogen) atoms. The van der Waals surface area contributed by atoms with Crippen LogP contribution in [-0.4, -0.2) is 77.6 Å². The second-order valence-electron chi connectivity index (χ2n) is 17.6. The van der Waals surface area contributed by atoms with Crippen molar-refractivity contribution in [1.29, 1.82) is 0 Å². The molecule has 6 saturated heterocycles. The third kappa shape index (κ3) is 27.5. The van der Waals surface area contributed by atoms with E-state index in [9.17, 15) is 38.4 Å². The van der Waals surface area contributed by atoms with E-state index >= 15 is 0 Å². The molecule has 0 amide bonds. The van der Waals surface area contributed by atoms with Gasteiger partial charge in [-0.1, -0.05) is 210 Å². The van der Waals surface area contributed by atoms with Crippen LogP contribution in [0.1, 0.15) is 170 Å². The molecule has 0 aromatic rings. The van der Waals surface area contributed by atoms with E-state index in [1.807, 2.05) is 86.6 Å². The molecular weight excluding hydrogens is 1310 g/mol. The minimum absolute atomic E-state index is 0. The second kappa shape index (κ2) is 40.0. The van der Waals surface area contributed by atoms with Crippen molar-refractivity contribution in [3.8, 4) is 0 Å². The van der Waals surface area contributed by atoms with E-state index in [-0.39, 0.29) is 89.2 Å². The van der Waals surface area contributed by atoms with Crippen LogP contribution in [0, 0.1) is 17.5 Å². The van der Waals surface area contributed by atoms with Crippen LogP contribution in [0.5, 0.6) is 0 Å². The van der Waals surface area contributed by atoms with Gasteiger partial charge in [0.25, 0.3) is 0 Å². The number of fused-ring (bicyclic) bond motifs is 3. The summed E-state index contributed by atoms with van der Waals surface area (Å²) in [7, 11) is 0. The predicted octanol–water partition coefficient (Wildman–Crippen LogP) is 13.2. The summed E-state index contributed by atoms with van der Waals surface area (Å²) in [6, 6.07) is 0. The van der Waals surface area contributed by atoms with Gasteiger partial charge in [0.15, 0.2) is 0 Å². The van der Waals surface area contributed by atoms with Crippen molar-refractivity contribution in [3.63, 3.8) is 0 Å². The van der Waals surface area contributed by atoms with E-state index in [1.54, 1.807) is 26.1 Å². The number of carboxylic acids is 2. The van der Waals surface area contributed by atoms with E-state index < -0.39 is 31.6 Å². The SMILES string of the molecule is C.C.CC/C=C/C=C/C=C/C=C/CCCCCCCC(=O)O.CC/C=C/[B-]12OC(=O)C[C+]1CC(=O)O2.O=C(O)CCCCCCC/C=C/I.O=C1C[C+]2CC(=O)O[B-]2(/C=C/I)O1.O=C1C[C+]2CC(=O)O[B-]2(/C=C/I)O1. The summed E-state index contributed by atoms with van der Waals surface area (Å²) in [6.07, 6.45) is 37.6. The standard InChI is InChI=1S/C18H28O2.C10H17IO2.C9H11BO4.2C7H6BIO4.2CH4/c1-2-3-4-5-6-7-8-9-10-11-12-13-14-15-16-17-18(19)20;11-9-7-5-3-1-2-4-6-8-10(12)13;1-2-3-4-10-7(5-8(11)13-10)6-9(12)14-10;2*9-2-1-8-5(3-6(10)12-8)4-7(11)13-8;;/h3-10H,2,11-17H2,1H3,(H,19,20);7,9H,1-6,8H2,(H,12,13);3-4H,2,5-6H2,1H3;2*1-2H,3-4H2;2*1H4/b4-3+,6-5+,8-7+,10-9+;9-7+;4-3+;2*2-1+;;. The van der Waals surface area contributed by atoms with Crippen molar-refractivity contribution in [2.24, 2.45) is 0 Å². The van der Waals surface area contributed by atoms with Crippen molar-refractivity contribution in [3.05, 3.63) is 108 Å². The lowest BCUT2D eigenvalue weighted by Crippen LogP contribution is -2.37. The number of aliphatic carboxylic acids is 2. The van der Waals surface area contributed by atoms with Gasteiger partial charge in [0.05, 0.1) is 0 Å². The summed E-state index contributed by atoms with van der Waals surface area (Å²) in [4.78, 5) is 86.6. The van der Waals surface area contributed by atoms with Crippen molar-refractivity contribution >= 4 is 135 Å². The zero-order valence-electron chi connectivity index (χ0n) is 41.8. The first-order chi connectivity index (χ1) is 35.0. The lowest BCUT2D eigenvalue weighted by atomic mass is 9.49. The van der Waals surface area contributed by atoms with Crippen LogP contribution in [0.3, 0.4) is 0 Å². The number of carbonyl (C=O) groups excluding carboxylic acids is 6. The summed E-state index contributed by atoms with van der Waals surface area (Å²) in [5.41, 5.74) is 0. The molecule has 6 aliphatic rings. The van der Waals surface area contributed by atoms with Crippen molar-refractivity contribution in [1.82, 2.24) is 0 Å². The fraction of sp³-hybridized carbons (Fsp3) is 0.491. The molecule has 0 spiro atoms. The Balaban J connectivity index is 0.000000915. The normalized spacial score (nSPS) is 18.3. The van der Waals surface area contributed by atoms with E-state index in [1.165, 1.54) is 32.1 Å². The quantitative estimate of drug-likeness (QED) is 0.0301. The van der Waals surface area contributed by atoms with Gasteiger partial charge >= 0.3 is 67.4 Å². The Morgan fingerprint density at radius 1 is 0.427 bits per heavy atom. The minimum atomic E-state index is -1.86. The summed E-state index contributed by atoms with van der Waals surface area (Å²) in [6.45, 7) is -1.48. The maximum atomic E-state index is 11.1. The summed E-state index contributed by atoms with van der Waals surface area (Å²) >= 11 is 6.23. The van der Waals surface area contributed by atoms with Gasteiger partial charge in [-0.15, -0.1) is 12.1 Å². The fourth-order valence-electron chi connectivity index (χ4n) is 8.14. The Bertz CT molecular complexity index is 1950. The molecule has 6 aliphatic heterocycles. The fourth-order valence-corrected chi connectivity index (χ4v) is 9.60. The Hall–Kier alpha value is -4.33. The Morgan fingerprint density at radius 2 is 0.720 bits per heavy atom. The molecule has 0 radical (unpaired) electrons. The van der Waals surface area contributed by atoms with E-state index in [2.05, 4.69) is 59.9 Å². The van der Waals surface area contributed by atoms with Crippen molar-refractivity contribution < 1.29 is 76.5 Å². The monoisotopic (exact) mass is 1380 g/mol. The summed E-state index contributed by atoms with van der Waals surface area (Å²) < 4.78 is 35.8. The van der Waals surface area contributed by atoms with E-state index in [4.69, 9.17) is 38.1 Å². The number of rotatable bonds is 24. The number of hydrogen-bond donors (Lipinski definition) is 2. The van der Waals surface area contributed by atoms with Gasteiger partial charge in [-0.25, -0.2) is 0 Å². The topological polar surface area (TPSA) is 232 Å². The van der Waals surface area contributed by atoms with Crippen LogP contribution in [0.2, 0.25) is 0 Å². The maximum Gasteiger partial charge on any atom is 0.582 e. The zero-order valence-corrected chi connectivity index (χ0v) is 48.2. The average Bonchev–Trinajstić information content (AvgIpc) is 4.12. The van der Waals surface area contributed by atoms with Gasteiger partial charge in [0.1, 0.15) is 38.5 Å². The van der Waals surface area contributed by atoms with Gasteiger partial charge in [-0.3, -0.25) is 38.4 Å². The molecule has 0 atom stereocenters. The number of unbranched alkanes of at least 4 members (excludes halogenated alkanes) is 10. The number of carbonyl (C=O) groups is 8. The zero-order chi connectivity index (χ0) is 54.0. The number of halogens is 3. The Labute approximate surface area is 486 Å². The maximum absolute atomic E-state index is 11.1. The number of allylic oxidation sites excluding steroid dienone is 10. The smallest absolute Gasteiger partial charge is 0.582 e. The molecule has 0 aromatic carbocycles. The highest BCUT2D eigenvalue weighted by molar-refractivity contribution is 14.1. The van der Waals surface area contributed by atoms with Crippen molar-refractivity contribution in [2.75, 3.05) is 0 Å². The van der Waals surface area contributed by atoms with Crippen LogP contribution < -0.4 is 0 Å².